The molecule has 11 heteroatoms. The lowest BCUT2D eigenvalue weighted by atomic mass is 9.82. The number of alkyl halides is 6. The molecule has 0 radical (unpaired) electrons. The summed E-state index contributed by atoms with van der Waals surface area (Å²) in [5.74, 6) is -4.76. The first-order valence-corrected chi connectivity index (χ1v) is 7.81. The van der Waals surface area contributed by atoms with Crippen molar-refractivity contribution in [1.82, 2.24) is 0 Å². The first kappa shape index (κ1) is 22.9. The van der Waals surface area contributed by atoms with Crippen LogP contribution in [0.4, 0.5) is 26.3 Å². The maximum Gasteiger partial charge on any atom is 0.573 e. The van der Waals surface area contributed by atoms with Crippen LogP contribution in [0.15, 0.2) is 18.2 Å². The van der Waals surface area contributed by atoms with Gasteiger partial charge in [0.15, 0.2) is 0 Å². The summed E-state index contributed by atoms with van der Waals surface area (Å²) in [6, 6.07) is 2.36. The van der Waals surface area contributed by atoms with Crippen LogP contribution in [0.5, 0.6) is 11.5 Å². The van der Waals surface area contributed by atoms with Gasteiger partial charge in [-0.25, -0.2) is 0 Å². The molecule has 0 aliphatic rings. The number of carbonyl (C=O) groups is 1. The summed E-state index contributed by atoms with van der Waals surface area (Å²) in [4.78, 5) is 11.1. The second kappa shape index (κ2) is 8.68. The van der Waals surface area contributed by atoms with Gasteiger partial charge in [-0.15, -0.1) is 26.3 Å². The Bertz CT molecular complexity index is 613. The third-order valence-corrected chi connectivity index (χ3v) is 4.04. The molecule has 5 nitrogen and oxygen atoms in total. The third-order valence-electron chi connectivity index (χ3n) is 4.04. The molecule has 0 aliphatic carbocycles. The van der Waals surface area contributed by atoms with Gasteiger partial charge in [0.25, 0.3) is 0 Å². The standard InChI is InChI=1S/C16H19F6NO4/c1-8(3-11(7-23)14(24)25)9(2)10-4-12(26-15(17,18)19)6-13(5-10)27-16(20,21)22/h4-6,8-9,11H,3,7,23H2,1-2H3,(H,24,25). The molecule has 1 rings (SSSR count). The van der Waals surface area contributed by atoms with Crippen molar-refractivity contribution in [2.24, 2.45) is 17.6 Å². The molecular weight excluding hydrogens is 384 g/mol. The van der Waals surface area contributed by atoms with Gasteiger partial charge in [-0.2, -0.15) is 0 Å². The Kier molecular flexibility index (Phi) is 7.35. The number of ether oxygens (including phenoxy) is 2. The molecule has 154 valence electrons. The van der Waals surface area contributed by atoms with Gasteiger partial charge in [0.2, 0.25) is 0 Å². The van der Waals surface area contributed by atoms with Crippen molar-refractivity contribution in [3.8, 4) is 11.5 Å². The van der Waals surface area contributed by atoms with E-state index in [1.165, 1.54) is 0 Å². The topological polar surface area (TPSA) is 81.8 Å². The van der Waals surface area contributed by atoms with Crippen LogP contribution in [-0.2, 0) is 4.79 Å². The molecule has 0 heterocycles. The van der Waals surface area contributed by atoms with Crippen LogP contribution in [0.3, 0.4) is 0 Å². The largest absolute Gasteiger partial charge is 0.573 e. The fourth-order valence-electron chi connectivity index (χ4n) is 2.52. The number of halogens is 6. The lowest BCUT2D eigenvalue weighted by Gasteiger charge is -2.24. The smallest absolute Gasteiger partial charge is 0.481 e. The summed E-state index contributed by atoms with van der Waals surface area (Å²) < 4.78 is 82.1. The van der Waals surface area contributed by atoms with Crippen LogP contribution in [0.25, 0.3) is 0 Å². The number of aliphatic carboxylic acids is 1. The molecule has 0 saturated heterocycles. The van der Waals surface area contributed by atoms with Crippen LogP contribution in [-0.4, -0.2) is 30.3 Å². The molecule has 0 fully saturated rings. The van der Waals surface area contributed by atoms with Crippen LogP contribution in [0, 0.1) is 11.8 Å². The predicted molar refractivity (Wildman–Crippen MR) is 82.2 cm³/mol. The van der Waals surface area contributed by atoms with E-state index in [1.54, 1.807) is 13.8 Å². The monoisotopic (exact) mass is 403 g/mol. The Morgan fingerprint density at radius 3 is 1.81 bits per heavy atom. The van der Waals surface area contributed by atoms with Crippen LogP contribution in [0.2, 0.25) is 0 Å². The van der Waals surface area contributed by atoms with Gasteiger partial charge >= 0.3 is 18.7 Å². The summed E-state index contributed by atoms with van der Waals surface area (Å²) >= 11 is 0. The van der Waals surface area contributed by atoms with E-state index >= 15 is 0 Å². The van der Waals surface area contributed by atoms with E-state index in [-0.39, 0.29) is 18.5 Å². The Morgan fingerprint density at radius 1 is 1.04 bits per heavy atom. The fourth-order valence-corrected chi connectivity index (χ4v) is 2.52. The molecule has 3 unspecified atom stereocenters. The highest BCUT2D eigenvalue weighted by molar-refractivity contribution is 5.70. The predicted octanol–water partition coefficient (Wildman–Crippen LogP) is 4.27. The molecule has 0 spiro atoms. The molecule has 0 saturated carbocycles. The second-order valence-corrected chi connectivity index (χ2v) is 6.11. The van der Waals surface area contributed by atoms with E-state index in [0.717, 1.165) is 12.1 Å². The van der Waals surface area contributed by atoms with E-state index in [4.69, 9.17) is 10.8 Å². The number of hydrogen-bond donors (Lipinski definition) is 2. The van der Waals surface area contributed by atoms with E-state index in [0.29, 0.717) is 6.07 Å². The molecular formula is C16H19F6NO4. The van der Waals surface area contributed by atoms with Gasteiger partial charge in [-0.3, -0.25) is 4.79 Å². The molecule has 3 N–H and O–H groups in total. The van der Waals surface area contributed by atoms with Crippen molar-refractivity contribution >= 4 is 5.97 Å². The number of nitrogens with two attached hydrogens (primary N) is 1. The zero-order valence-corrected chi connectivity index (χ0v) is 14.4. The molecule has 0 bridgehead atoms. The maximum atomic E-state index is 12.4. The van der Waals surface area contributed by atoms with E-state index < -0.39 is 47.9 Å². The Hall–Kier alpha value is -2.17. The second-order valence-electron chi connectivity index (χ2n) is 6.11. The molecule has 3 atom stereocenters. The molecule has 27 heavy (non-hydrogen) atoms. The fraction of sp³-hybridized carbons (Fsp3) is 0.562. The van der Waals surface area contributed by atoms with Crippen molar-refractivity contribution in [1.29, 1.82) is 0 Å². The highest BCUT2D eigenvalue weighted by Crippen LogP contribution is 2.37. The normalized spacial score (nSPS) is 15.7. The Labute approximate surface area is 151 Å². The van der Waals surface area contributed by atoms with E-state index in [1.807, 2.05) is 0 Å². The minimum absolute atomic E-state index is 0.0738. The zero-order chi connectivity index (χ0) is 21.0. The Balaban J connectivity index is 3.16. The highest BCUT2D eigenvalue weighted by atomic mass is 19.4. The maximum absolute atomic E-state index is 12.4. The van der Waals surface area contributed by atoms with Crippen LogP contribution >= 0.6 is 0 Å². The average molecular weight is 403 g/mol. The number of carboxylic acid groups (broad SMARTS) is 1. The van der Waals surface area contributed by atoms with Crippen molar-refractivity contribution in [3.05, 3.63) is 23.8 Å². The number of benzene rings is 1. The van der Waals surface area contributed by atoms with Crippen molar-refractivity contribution in [2.75, 3.05) is 6.54 Å². The van der Waals surface area contributed by atoms with Crippen molar-refractivity contribution in [2.45, 2.75) is 38.9 Å². The highest BCUT2D eigenvalue weighted by Gasteiger charge is 2.34. The number of rotatable bonds is 8. The molecule has 1 aromatic rings. The zero-order valence-electron chi connectivity index (χ0n) is 14.4. The van der Waals surface area contributed by atoms with Gasteiger partial charge in [0.1, 0.15) is 11.5 Å². The number of hydrogen-bond acceptors (Lipinski definition) is 4. The average Bonchev–Trinajstić information content (AvgIpc) is 2.47. The van der Waals surface area contributed by atoms with Crippen LogP contribution < -0.4 is 15.2 Å². The first-order chi connectivity index (χ1) is 12.2. The van der Waals surface area contributed by atoms with E-state index in [9.17, 15) is 31.1 Å². The lowest BCUT2D eigenvalue weighted by Crippen LogP contribution is -2.26. The summed E-state index contributed by atoms with van der Waals surface area (Å²) in [5.41, 5.74) is 5.45. The van der Waals surface area contributed by atoms with Gasteiger partial charge < -0.3 is 20.3 Å². The van der Waals surface area contributed by atoms with Crippen molar-refractivity contribution in [3.63, 3.8) is 0 Å². The van der Waals surface area contributed by atoms with Gasteiger partial charge in [0.05, 0.1) is 5.92 Å². The third kappa shape index (κ3) is 7.94. The van der Waals surface area contributed by atoms with Crippen LogP contribution in [0.1, 0.15) is 31.7 Å². The molecule has 1 aromatic carbocycles. The lowest BCUT2D eigenvalue weighted by molar-refractivity contribution is -0.276. The Morgan fingerprint density at radius 2 is 1.48 bits per heavy atom. The summed E-state index contributed by atoms with van der Waals surface area (Å²) in [6.45, 7) is 3.02. The molecule has 0 aliphatic heterocycles. The number of carboxylic acids is 1. The SMILES string of the molecule is CC(CC(CN)C(=O)O)C(C)c1cc(OC(F)(F)F)cc(OC(F)(F)F)c1. The van der Waals surface area contributed by atoms with Crippen molar-refractivity contribution < 1.29 is 45.7 Å². The minimum atomic E-state index is -5.10. The molecule has 0 amide bonds. The first-order valence-electron chi connectivity index (χ1n) is 7.81. The quantitative estimate of drug-likeness (QED) is 0.634. The summed E-state index contributed by atoms with van der Waals surface area (Å²) in [5, 5.41) is 9.05. The molecule has 0 aromatic heterocycles. The van der Waals surface area contributed by atoms with Gasteiger partial charge in [0, 0.05) is 12.6 Å². The minimum Gasteiger partial charge on any atom is -0.481 e. The van der Waals surface area contributed by atoms with Gasteiger partial charge in [-0.1, -0.05) is 13.8 Å². The van der Waals surface area contributed by atoms with E-state index in [2.05, 4.69) is 9.47 Å². The van der Waals surface area contributed by atoms with Gasteiger partial charge in [-0.05, 0) is 36.0 Å². The summed E-state index contributed by atoms with van der Waals surface area (Å²) in [7, 11) is 0. The summed E-state index contributed by atoms with van der Waals surface area (Å²) in [6.07, 6.45) is -10.1.